The van der Waals surface area contributed by atoms with Crippen molar-refractivity contribution in [3.05, 3.63) is 35.4 Å². The molecular weight excluding hydrogens is 196 g/mol. The monoisotopic (exact) mass is 211 g/mol. The summed E-state index contributed by atoms with van der Waals surface area (Å²) in [5, 5.41) is 0. The van der Waals surface area contributed by atoms with Crippen LogP contribution in [0, 0.1) is 17.6 Å². The summed E-state index contributed by atoms with van der Waals surface area (Å²) in [7, 11) is 0. The molecule has 1 nitrogen and oxygen atoms in total. The maximum Gasteiger partial charge on any atom is 0.126 e. The van der Waals surface area contributed by atoms with Crippen molar-refractivity contribution in [2.75, 3.05) is 6.54 Å². The Balaban J connectivity index is 2.31. The Bertz CT molecular complexity index is 351. The van der Waals surface area contributed by atoms with Crippen LogP contribution in [-0.2, 0) is 0 Å². The molecule has 3 heteroatoms. The molecule has 1 fully saturated rings. The Morgan fingerprint density at radius 3 is 2.80 bits per heavy atom. The molecule has 2 N–H and O–H groups in total. The molecule has 1 aliphatic carbocycles. The van der Waals surface area contributed by atoms with E-state index in [4.69, 9.17) is 5.73 Å². The molecule has 15 heavy (non-hydrogen) atoms. The van der Waals surface area contributed by atoms with Gasteiger partial charge in [0.25, 0.3) is 0 Å². The molecule has 1 aromatic rings. The normalized spacial score (nSPS) is 25.8. The quantitative estimate of drug-likeness (QED) is 0.799. The molecule has 2 unspecified atom stereocenters. The Kier molecular flexibility index (Phi) is 3.00. The zero-order valence-electron chi connectivity index (χ0n) is 8.55. The average Bonchev–Trinajstić information content (AvgIpc) is 2.69. The van der Waals surface area contributed by atoms with E-state index in [0.29, 0.717) is 18.0 Å². The SMILES string of the molecule is NCC1CCCC1c1cc(F)ccc1F. The van der Waals surface area contributed by atoms with E-state index < -0.39 is 0 Å². The Hall–Kier alpha value is -0.960. The maximum atomic E-state index is 13.5. The predicted octanol–water partition coefficient (Wildman–Crippen LogP) is 2.81. The first-order valence-corrected chi connectivity index (χ1v) is 5.37. The van der Waals surface area contributed by atoms with Crippen molar-refractivity contribution in [2.24, 2.45) is 11.7 Å². The van der Waals surface area contributed by atoms with Crippen LogP contribution in [-0.4, -0.2) is 6.54 Å². The molecule has 0 amide bonds. The number of benzene rings is 1. The van der Waals surface area contributed by atoms with Gasteiger partial charge >= 0.3 is 0 Å². The summed E-state index contributed by atoms with van der Waals surface area (Å²) < 4.78 is 26.6. The second-order valence-corrected chi connectivity index (χ2v) is 4.20. The van der Waals surface area contributed by atoms with Crippen LogP contribution in [0.3, 0.4) is 0 Å². The van der Waals surface area contributed by atoms with Gasteiger partial charge in [0.1, 0.15) is 11.6 Å². The fourth-order valence-corrected chi connectivity index (χ4v) is 2.53. The van der Waals surface area contributed by atoms with Gasteiger partial charge in [-0.3, -0.25) is 0 Å². The second kappa shape index (κ2) is 4.27. The third kappa shape index (κ3) is 2.02. The fourth-order valence-electron chi connectivity index (χ4n) is 2.53. The molecule has 2 rings (SSSR count). The molecule has 82 valence electrons. The summed E-state index contributed by atoms with van der Waals surface area (Å²) in [4.78, 5) is 0. The summed E-state index contributed by atoms with van der Waals surface area (Å²) in [6.07, 6.45) is 3.00. The van der Waals surface area contributed by atoms with Crippen LogP contribution in [0.2, 0.25) is 0 Å². The molecule has 1 saturated carbocycles. The van der Waals surface area contributed by atoms with Gasteiger partial charge in [0, 0.05) is 0 Å². The van der Waals surface area contributed by atoms with Crippen molar-refractivity contribution in [2.45, 2.75) is 25.2 Å². The molecule has 2 atom stereocenters. The van der Waals surface area contributed by atoms with E-state index in [1.54, 1.807) is 0 Å². The molecule has 0 radical (unpaired) electrons. The third-order valence-corrected chi connectivity index (χ3v) is 3.32. The van der Waals surface area contributed by atoms with Crippen molar-refractivity contribution < 1.29 is 8.78 Å². The summed E-state index contributed by atoms with van der Waals surface area (Å²) >= 11 is 0. The van der Waals surface area contributed by atoms with Gasteiger partial charge in [0.2, 0.25) is 0 Å². The van der Waals surface area contributed by atoms with E-state index in [-0.39, 0.29) is 17.6 Å². The third-order valence-electron chi connectivity index (χ3n) is 3.32. The van der Waals surface area contributed by atoms with Gasteiger partial charge in [-0.05, 0) is 55.0 Å². The molecule has 1 aliphatic rings. The molecule has 0 saturated heterocycles. The van der Waals surface area contributed by atoms with Gasteiger partial charge in [-0.2, -0.15) is 0 Å². The fraction of sp³-hybridized carbons (Fsp3) is 0.500. The van der Waals surface area contributed by atoms with Crippen LogP contribution in [0.1, 0.15) is 30.7 Å². The summed E-state index contributed by atoms with van der Waals surface area (Å²) in [5.41, 5.74) is 6.14. The summed E-state index contributed by atoms with van der Waals surface area (Å²) in [5.74, 6) is -0.261. The molecule has 0 aromatic heterocycles. The van der Waals surface area contributed by atoms with Crippen LogP contribution in [0.15, 0.2) is 18.2 Å². The smallest absolute Gasteiger partial charge is 0.126 e. The van der Waals surface area contributed by atoms with Crippen LogP contribution in [0.5, 0.6) is 0 Å². The van der Waals surface area contributed by atoms with E-state index >= 15 is 0 Å². The highest BCUT2D eigenvalue weighted by Gasteiger charge is 2.29. The minimum absolute atomic E-state index is 0.102. The Morgan fingerprint density at radius 1 is 1.27 bits per heavy atom. The van der Waals surface area contributed by atoms with E-state index in [1.165, 1.54) is 12.1 Å². The number of halogens is 2. The predicted molar refractivity (Wildman–Crippen MR) is 55.5 cm³/mol. The van der Waals surface area contributed by atoms with Crippen LogP contribution < -0.4 is 5.73 Å². The first-order chi connectivity index (χ1) is 7.22. The molecule has 1 aromatic carbocycles. The lowest BCUT2D eigenvalue weighted by molar-refractivity contribution is 0.470. The lowest BCUT2D eigenvalue weighted by Crippen LogP contribution is -2.18. The maximum absolute atomic E-state index is 13.5. The highest BCUT2D eigenvalue weighted by atomic mass is 19.1. The second-order valence-electron chi connectivity index (χ2n) is 4.20. The number of nitrogens with two attached hydrogens (primary N) is 1. The standard InChI is InChI=1S/C12H15F2N/c13-9-4-5-12(14)11(6-9)10-3-1-2-8(10)7-15/h4-6,8,10H,1-3,7,15H2. The van der Waals surface area contributed by atoms with Crippen molar-refractivity contribution >= 4 is 0 Å². The molecule has 0 bridgehead atoms. The zero-order chi connectivity index (χ0) is 10.8. The lowest BCUT2D eigenvalue weighted by atomic mass is 9.88. The van der Waals surface area contributed by atoms with Crippen LogP contribution >= 0.6 is 0 Å². The lowest BCUT2D eigenvalue weighted by Gasteiger charge is -2.18. The van der Waals surface area contributed by atoms with Crippen molar-refractivity contribution in [3.8, 4) is 0 Å². The van der Waals surface area contributed by atoms with E-state index in [9.17, 15) is 8.78 Å². The molecular formula is C12H15F2N. The van der Waals surface area contributed by atoms with Crippen molar-refractivity contribution in [1.82, 2.24) is 0 Å². The van der Waals surface area contributed by atoms with E-state index in [1.807, 2.05) is 0 Å². The van der Waals surface area contributed by atoms with Crippen LogP contribution in [0.4, 0.5) is 8.78 Å². The largest absolute Gasteiger partial charge is 0.330 e. The Morgan fingerprint density at radius 2 is 2.07 bits per heavy atom. The average molecular weight is 211 g/mol. The van der Waals surface area contributed by atoms with E-state index in [2.05, 4.69) is 0 Å². The van der Waals surface area contributed by atoms with Gasteiger partial charge in [-0.15, -0.1) is 0 Å². The highest BCUT2D eigenvalue weighted by Crippen LogP contribution is 2.40. The number of hydrogen-bond donors (Lipinski definition) is 1. The molecule has 0 heterocycles. The molecule has 0 aliphatic heterocycles. The topological polar surface area (TPSA) is 26.0 Å². The molecule has 0 spiro atoms. The van der Waals surface area contributed by atoms with Gasteiger partial charge in [-0.1, -0.05) is 6.42 Å². The Labute approximate surface area is 88.3 Å². The van der Waals surface area contributed by atoms with Crippen molar-refractivity contribution in [3.63, 3.8) is 0 Å². The summed E-state index contributed by atoms with van der Waals surface area (Å²) in [6, 6.07) is 3.68. The summed E-state index contributed by atoms with van der Waals surface area (Å²) in [6.45, 7) is 0.556. The minimum Gasteiger partial charge on any atom is -0.330 e. The number of rotatable bonds is 2. The minimum atomic E-state index is -0.367. The van der Waals surface area contributed by atoms with Crippen LogP contribution in [0.25, 0.3) is 0 Å². The van der Waals surface area contributed by atoms with Gasteiger partial charge < -0.3 is 5.73 Å². The van der Waals surface area contributed by atoms with Gasteiger partial charge in [0.15, 0.2) is 0 Å². The van der Waals surface area contributed by atoms with Crippen molar-refractivity contribution in [1.29, 1.82) is 0 Å². The van der Waals surface area contributed by atoms with Gasteiger partial charge in [0.05, 0.1) is 0 Å². The number of hydrogen-bond acceptors (Lipinski definition) is 1. The first-order valence-electron chi connectivity index (χ1n) is 5.37. The highest BCUT2D eigenvalue weighted by molar-refractivity contribution is 5.24. The van der Waals surface area contributed by atoms with Gasteiger partial charge in [-0.25, -0.2) is 8.78 Å². The first kappa shape index (κ1) is 10.6. The van der Waals surface area contributed by atoms with E-state index in [0.717, 1.165) is 25.3 Å². The zero-order valence-corrected chi connectivity index (χ0v) is 8.55.